The minimum atomic E-state index is -1.09. The van der Waals surface area contributed by atoms with Crippen molar-refractivity contribution in [3.8, 4) is 22.5 Å². The van der Waals surface area contributed by atoms with Gasteiger partial charge in [-0.15, -0.1) is 0 Å². The number of carboxylic acids is 1. The predicted octanol–water partition coefficient (Wildman–Crippen LogP) is 3.30. The topological polar surface area (TPSA) is 123 Å². The molecule has 1 fully saturated rings. The number of ether oxygens (including phenoxy) is 1. The van der Waals surface area contributed by atoms with E-state index in [1.807, 2.05) is 61.5 Å². The Labute approximate surface area is 215 Å². The summed E-state index contributed by atoms with van der Waals surface area (Å²) in [4.78, 5) is 39.5. The summed E-state index contributed by atoms with van der Waals surface area (Å²) in [6, 6.07) is 17.7. The van der Waals surface area contributed by atoms with Crippen molar-refractivity contribution in [2.75, 3.05) is 19.8 Å². The first-order chi connectivity index (χ1) is 17.9. The first-order valence-electron chi connectivity index (χ1n) is 12.6. The quantitative estimate of drug-likeness (QED) is 0.434. The third kappa shape index (κ3) is 7.33. The average molecular weight is 505 g/mol. The van der Waals surface area contributed by atoms with Crippen molar-refractivity contribution in [2.24, 2.45) is 11.8 Å². The van der Waals surface area contributed by atoms with Gasteiger partial charge in [-0.25, -0.2) is 9.48 Å². The molecule has 0 aliphatic heterocycles. The fourth-order valence-electron chi connectivity index (χ4n) is 4.61. The molecule has 0 atom stereocenters. The summed E-state index contributed by atoms with van der Waals surface area (Å²) >= 11 is 0. The Morgan fingerprint density at radius 2 is 1.62 bits per heavy atom. The lowest BCUT2D eigenvalue weighted by Crippen LogP contribution is -2.33. The fourth-order valence-corrected chi connectivity index (χ4v) is 4.61. The second-order valence-electron chi connectivity index (χ2n) is 9.58. The Morgan fingerprint density at radius 3 is 2.30 bits per heavy atom. The fraction of sp³-hybridized carbons (Fsp3) is 0.393. The lowest BCUT2D eigenvalue weighted by Gasteiger charge is -2.28. The van der Waals surface area contributed by atoms with Crippen LogP contribution in [0, 0.1) is 18.8 Å². The standard InChI is InChI=1S/C28H32N4O5/c1-19-7-13-23(14-8-19)27-26(22-5-3-2-4-6-22)30-28(36)32(31-27)16-20-9-11-21(12-10-20)17-37-18-24(33)29-15-25(34)35/h2-8,13-14,20-21H,9-12,15-18H2,1H3,(H,29,33)(H,34,35)/t20-,21+. The van der Waals surface area contributed by atoms with Crippen LogP contribution in [0.4, 0.5) is 0 Å². The number of carbonyl (C=O) groups excluding carboxylic acids is 1. The van der Waals surface area contributed by atoms with Crippen LogP contribution >= 0.6 is 0 Å². The van der Waals surface area contributed by atoms with Gasteiger partial charge in [0.25, 0.3) is 0 Å². The first-order valence-corrected chi connectivity index (χ1v) is 12.6. The van der Waals surface area contributed by atoms with Crippen molar-refractivity contribution in [3.63, 3.8) is 0 Å². The minimum absolute atomic E-state index is 0.145. The predicted molar refractivity (Wildman–Crippen MR) is 139 cm³/mol. The molecule has 37 heavy (non-hydrogen) atoms. The maximum absolute atomic E-state index is 13.0. The van der Waals surface area contributed by atoms with E-state index in [9.17, 15) is 14.4 Å². The molecule has 1 heterocycles. The summed E-state index contributed by atoms with van der Waals surface area (Å²) in [5.74, 6) is -0.890. The molecule has 1 aliphatic rings. The van der Waals surface area contributed by atoms with Crippen LogP contribution in [0.1, 0.15) is 31.2 Å². The van der Waals surface area contributed by atoms with E-state index in [-0.39, 0.29) is 12.3 Å². The number of carboxylic acid groups (broad SMARTS) is 1. The zero-order chi connectivity index (χ0) is 26.2. The third-order valence-electron chi connectivity index (χ3n) is 6.67. The van der Waals surface area contributed by atoms with Crippen LogP contribution in [0.2, 0.25) is 0 Å². The smallest absolute Gasteiger partial charge is 0.364 e. The van der Waals surface area contributed by atoms with Gasteiger partial charge in [-0.05, 0) is 44.4 Å². The van der Waals surface area contributed by atoms with Gasteiger partial charge >= 0.3 is 11.7 Å². The average Bonchev–Trinajstić information content (AvgIpc) is 2.90. The molecule has 9 nitrogen and oxygen atoms in total. The molecule has 0 bridgehead atoms. The maximum Gasteiger partial charge on any atom is 0.364 e. The van der Waals surface area contributed by atoms with Crippen LogP contribution in [0.25, 0.3) is 22.5 Å². The van der Waals surface area contributed by atoms with E-state index in [4.69, 9.17) is 14.9 Å². The molecule has 0 unspecified atom stereocenters. The number of nitrogens with one attached hydrogen (secondary N) is 1. The maximum atomic E-state index is 13.0. The highest BCUT2D eigenvalue weighted by Crippen LogP contribution is 2.31. The van der Waals surface area contributed by atoms with Crippen LogP contribution < -0.4 is 11.0 Å². The molecule has 0 saturated heterocycles. The molecular weight excluding hydrogens is 472 g/mol. The highest BCUT2D eigenvalue weighted by atomic mass is 16.5. The molecule has 194 valence electrons. The Kier molecular flexibility index (Phi) is 8.79. The Hall–Kier alpha value is -3.85. The third-order valence-corrected chi connectivity index (χ3v) is 6.67. The largest absolute Gasteiger partial charge is 0.480 e. The summed E-state index contributed by atoms with van der Waals surface area (Å²) in [6.45, 7) is 2.44. The van der Waals surface area contributed by atoms with E-state index in [1.165, 1.54) is 4.68 Å². The zero-order valence-corrected chi connectivity index (χ0v) is 20.9. The van der Waals surface area contributed by atoms with Crippen LogP contribution in [0.5, 0.6) is 0 Å². The van der Waals surface area contributed by atoms with Gasteiger partial charge in [0.2, 0.25) is 5.91 Å². The number of aliphatic carboxylic acids is 1. The minimum Gasteiger partial charge on any atom is -0.480 e. The van der Waals surface area contributed by atoms with Crippen LogP contribution in [-0.4, -0.2) is 51.5 Å². The number of amides is 1. The second kappa shape index (κ2) is 12.4. The van der Waals surface area contributed by atoms with E-state index in [2.05, 4.69) is 10.3 Å². The van der Waals surface area contributed by atoms with Crippen molar-refractivity contribution in [3.05, 3.63) is 70.6 Å². The molecule has 9 heteroatoms. The number of hydrogen-bond acceptors (Lipinski definition) is 6. The summed E-state index contributed by atoms with van der Waals surface area (Å²) in [5.41, 5.74) is 3.83. The van der Waals surface area contributed by atoms with Gasteiger partial charge in [-0.1, -0.05) is 60.2 Å². The van der Waals surface area contributed by atoms with Crippen LogP contribution in [0.15, 0.2) is 59.4 Å². The summed E-state index contributed by atoms with van der Waals surface area (Å²) in [6.07, 6.45) is 3.70. The summed E-state index contributed by atoms with van der Waals surface area (Å²) in [7, 11) is 0. The molecule has 4 rings (SSSR count). The lowest BCUT2D eigenvalue weighted by molar-refractivity contribution is -0.138. The Bertz CT molecular complexity index is 1270. The normalized spacial score (nSPS) is 17.3. The van der Waals surface area contributed by atoms with Gasteiger partial charge in [-0.2, -0.15) is 10.1 Å². The molecule has 1 aromatic heterocycles. The molecule has 1 aliphatic carbocycles. The second-order valence-corrected chi connectivity index (χ2v) is 9.58. The van der Waals surface area contributed by atoms with Crippen LogP contribution in [0.3, 0.4) is 0 Å². The Balaban J connectivity index is 1.40. The number of rotatable bonds is 10. The number of benzene rings is 2. The number of aromatic nitrogens is 3. The van der Waals surface area contributed by atoms with Gasteiger partial charge in [0, 0.05) is 17.7 Å². The van der Waals surface area contributed by atoms with Gasteiger partial charge < -0.3 is 15.2 Å². The molecule has 0 spiro atoms. The van der Waals surface area contributed by atoms with Crippen molar-refractivity contribution in [1.82, 2.24) is 20.1 Å². The Morgan fingerprint density at radius 1 is 0.973 bits per heavy atom. The van der Waals surface area contributed by atoms with Gasteiger partial charge in [0.15, 0.2) is 0 Å². The van der Waals surface area contributed by atoms with E-state index < -0.39 is 18.4 Å². The molecule has 1 saturated carbocycles. The SMILES string of the molecule is Cc1ccc(-c2nn(C[C@H]3CC[C@@H](COCC(=O)NCC(=O)O)CC3)c(=O)nc2-c2ccccc2)cc1. The number of aryl methyl sites for hydroxylation is 1. The van der Waals surface area contributed by atoms with Gasteiger partial charge in [0.1, 0.15) is 24.5 Å². The van der Waals surface area contributed by atoms with E-state index in [0.29, 0.717) is 36.4 Å². The lowest BCUT2D eigenvalue weighted by atomic mass is 9.82. The van der Waals surface area contributed by atoms with Crippen molar-refractivity contribution in [2.45, 2.75) is 39.2 Å². The highest BCUT2D eigenvalue weighted by molar-refractivity contribution is 5.81. The summed E-state index contributed by atoms with van der Waals surface area (Å²) < 4.78 is 6.98. The molecular formula is C28H32N4O5. The monoisotopic (exact) mass is 504 g/mol. The van der Waals surface area contributed by atoms with E-state index >= 15 is 0 Å². The van der Waals surface area contributed by atoms with Gasteiger partial charge in [0.05, 0.1) is 6.61 Å². The summed E-state index contributed by atoms with van der Waals surface area (Å²) in [5, 5.41) is 15.7. The number of nitrogens with zero attached hydrogens (tertiary/aromatic N) is 3. The molecule has 2 N–H and O–H groups in total. The number of carbonyl (C=O) groups is 2. The van der Waals surface area contributed by atoms with E-state index in [1.54, 1.807) is 0 Å². The van der Waals surface area contributed by atoms with Crippen molar-refractivity contribution < 1.29 is 19.4 Å². The highest BCUT2D eigenvalue weighted by Gasteiger charge is 2.24. The van der Waals surface area contributed by atoms with Crippen LogP contribution in [-0.2, 0) is 20.9 Å². The molecule has 2 aromatic carbocycles. The zero-order valence-electron chi connectivity index (χ0n) is 20.9. The van der Waals surface area contributed by atoms with Crippen molar-refractivity contribution in [1.29, 1.82) is 0 Å². The van der Waals surface area contributed by atoms with Gasteiger partial charge in [-0.3, -0.25) is 9.59 Å². The van der Waals surface area contributed by atoms with Crippen molar-refractivity contribution >= 4 is 11.9 Å². The molecule has 3 aromatic rings. The first kappa shape index (κ1) is 26.2. The number of hydrogen-bond donors (Lipinski definition) is 2. The molecule has 1 amide bonds. The van der Waals surface area contributed by atoms with E-state index in [0.717, 1.165) is 42.4 Å². The molecule has 0 radical (unpaired) electrons.